The number of rotatable bonds is 5. The molecule has 0 bridgehead atoms. The number of fused-ring (bicyclic) bond motifs is 1. The molecule has 7 nitrogen and oxygen atoms in total. The first-order chi connectivity index (χ1) is 14.8. The lowest BCUT2D eigenvalue weighted by Gasteiger charge is -2.05. The van der Waals surface area contributed by atoms with Crippen molar-refractivity contribution >= 4 is 16.8 Å². The average molecular weight is 394 g/mol. The van der Waals surface area contributed by atoms with Crippen LogP contribution in [0.4, 0.5) is 0 Å². The molecule has 0 radical (unpaired) electrons. The van der Waals surface area contributed by atoms with Gasteiger partial charge in [-0.1, -0.05) is 42.5 Å². The van der Waals surface area contributed by atoms with Crippen LogP contribution in [-0.2, 0) is 6.54 Å². The van der Waals surface area contributed by atoms with Crippen molar-refractivity contribution < 1.29 is 4.79 Å². The fourth-order valence-electron chi connectivity index (χ4n) is 3.43. The second kappa shape index (κ2) is 7.63. The van der Waals surface area contributed by atoms with Crippen LogP contribution >= 0.6 is 0 Å². The Labute approximate surface area is 172 Å². The lowest BCUT2D eigenvalue weighted by molar-refractivity contribution is 0.0947. The van der Waals surface area contributed by atoms with Crippen LogP contribution in [0.3, 0.4) is 0 Å². The van der Waals surface area contributed by atoms with Crippen molar-refractivity contribution in [3.8, 4) is 22.5 Å². The van der Waals surface area contributed by atoms with E-state index in [4.69, 9.17) is 0 Å². The highest BCUT2D eigenvalue weighted by Crippen LogP contribution is 2.31. The first-order valence-electron chi connectivity index (χ1n) is 9.55. The van der Waals surface area contributed by atoms with Crippen LogP contribution < -0.4 is 5.32 Å². The number of hydrogen-bond acceptors (Lipinski definition) is 4. The Morgan fingerprint density at radius 1 is 0.967 bits per heavy atom. The van der Waals surface area contributed by atoms with E-state index in [-0.39, 0.29) is 5.91 Å². The van der Waals surface area contributed by atoms with Crippen LogP contribution in [0, 0.1) is 0 Å². The molecule has 0 atom stereocenters. The van der Waals surface area contributed by atoms with Crippen molar-refractivity contribution in [2.75, 3.05) is 0 Å². The minimum absolute atomic E-state index is 0.223. The molecule has 0 aliphatic rings. The number of nitrogens with one attached hydrogen (secondary N) is 3. The first kappa shape index (κ1) is 17.8. The second-order valence-corrected chi connectivity index (χ2v) is 6.87. The first-order valence-corrected chi connectivity index (χ1v) is 9.55. The van der Waals surface area contributed by atoms with Crippen LogP contribution in [0.25, 0.3) is 33.4 Å². The van der Waals surface area contributed by atoms with Crippen molar-refractivity contribution in [2.24, 2.45) is 0 Å². The molecule has 3 N–H and O–H groups in total. The lowest BCUT2D eigenvalue weighted by atomic mass is 10.0. The smallest absolute Gasteiger partial charge is 0.272 e. The summed E-state index contributed by atoms with van der Waals surface area (Å²) < 4.78 is 0. The standard InChI is InChI=1S/C23H18N6O/c30-23(25-13-15-6-2-1-3-7-15)22-17-12-16(9-10-19(17)27-29-22)18-14-26-28-21(18)20-8-4-5-11-24-20/h1-12,14H,13H2,(H,25,30)(H,26,28)(H,27,29). The predicted octanol–water partition coefficient (Wildman–Crippen LogP) is 3.95. The highest BCUT2D eigenvalue weighted by molar-refractivity contribution is 6.05. The van der Waals surface area contributed by atoms with E-state index in [2.05, 4.69) is 30.7 Å². The third kappa shape index (κ3) is 3.33. The number of carbonyl (C=O) groups is 1. The van der Waals surface area contributed by atoms with Gasteiger partial charge in [-0.2, -0.15) is 10.2 Å². The molecule has 0 fully saturated rings. The van der Waals surface area contributed by atoms with E-state index in [1.54, 1.807) is 12.4 Å². The summed E-state index contributed by atoms with van der Waals surface area (Å²) in [6.45, 7) is 0.444. The molecule has 5 rings (SSSR count). The fourth-order valence-corrected chi connectivity index (χ4v) is 3.43. The van der Waals surface area contributed by atoms with E-state index in [0.29, 0.717) is 12.2 Å². The number of benzene rings is 2. The molecule has 2 aromatic carbocycles. The van der Waals surface area contributed by atoms with Crippen LogP contribution in [0.5, 0.6) is 0 Å². The number of aromatic amines is 2. The second-order valence-electron chi connectivity index (χ2n) is 6.87. The summed E-state index contributed by atoms with van der Waals surface area (Å²) in [5.74, 6) is -0.223. The topological polar surface area (TPSA) is 99.4 Å². The van der Waals surface area contributed by atoms with Crippen molar-refractivity contribution in [2.45, 2.75) is 6.54 Å². The number of H-pyrrole nitrogens is 2. The summed E-state index contributed by atoms with van der Waals surface area (Å²) in [7, 11) is 0. The van der Waals surface area contributed by atoms with E-state index in [1.807, 2.05) is 66.7 Å². The third-order valence-electron chi connectivity index (χ3n) is 4.95. The van der Waals surface area contributed by atoms with Crippen molar-refractivity contribution in [1.82, 2.24) is 30.7 Å². The fraction of sp³-hybridized carbons (Fsp3) is 0.0435. The molecule has 7 heteroatoms. The molecule has 0 spiro atoms. The molecule has 1 amide bonds. The minimum Gasteiger partial charge on any atom is -0.347 e. The van der Waals surface area contributed by atoms with Gasteiger partial charge in [-0.3, -0.25) is 20.0 Å². The van der Waals surface area contributed by atoms with Gasteiger partial charge in [-0.05, 0) is 35.4 Å². The van der Waals surface area contributed by atoms with Gasteiger partial charge in [-0.25, -0.2) is 0 Å². The number of pyridine rings is 1. The summed E-state index contributed by atoms with van der Waals surface area (Å²) in [5, 5.41) is 18.1. The molecular weight excluding hydrogens is 376 g/mol. The van der Waals surface area contributed by atoms with Gasteiger partial charge in [-0.15, -0.1) is 0 Å². The Morgan fingerprint density at radius 3 is 2.67 bits per heavy atom. The van der Waals surface area contributed by atoms with Gasteiger partial charge in [0, 0.05) is 23.7 Å². The summed E-state index contributed by atoms with van der Waals surface area (Å²) in [5.41, 5.74) is 5.66. The lowest BCUT2D eigenvalue weighted by Crippen LogP contribution is -2.23. The van der Waals surface area contributed by atoms with Crippen LogP contribution in [-0.4, -0.2) is 31.3 Å². The van der Waals surface area contributed by atoms with Crippen LogP contribution in [0.15, 0.2) is 79.1 Å². The largest absolute Gasteiger partial charge is 0.347 e. The summed E-state index contributed by atoms with van der Waals surface area (Å²) in [6, 6.07) is 21.4. The number of nitrogens with zero attached hydrogens (tertiary/aromatic N) is 3. The summed E-state index contributed by atoms with van der Waals surface area (Å²) >= 11 is 0. The molecule has 146 valence electrons. The predicted molar refractivity (Wildman–Crippen MR) is 115 cm³/mol. The summed E-state index contributed by atoms with van der Waals surface area (Å²) in [4.78, 5) is 17.2. The zero-order chi connectivity index (χ0) is 20.3. The van der Waals surface area contributed by atoms with Gasteiger partial charge in [0.2, 0.25) is 0 Å². The Hall–Kier alpha value is -4.26. The van der Waals surface area contributed by atoms with Gasteiger partial charge in [0.25, 0.3) is 5.91 Å². The normalized spacial score (nSPS) is 10.9. The van der Waals surface area contributed by atoms with E-state index in [1.165, 1.54) is 0 Å². The Kier molecular flexibility index (Phi) is 4.53. The van der Waals surface area contributed by atoms with Gasteiger partial charge >= 0.3 is 0 Å². The number of aromatic nitrogens is 5. The molecule has 0 saturated heterocycles. The maximum atomic E-state index is 12.8. The maximum Gasteiger partial charge on any atom is 0.272 e. The van der Waals surface area contributed by atoms with E-state index in [0.717, 1.165) is 39.0 Å². The monoisotopic (exact) mass is 394 g/mol. The number of hydrogen-bond donors (Lipinski definition) is 3. The SMILES string of the molecule is O=C(NCc1ccccc1)c1n[nH]c2ccc(-c3cn[nH]c3-c3ccccn3)cc12. The average Bonchev–Trinajstić information content (AvgIpc) is 3.46. The molecule has 0 aliphatic carbocycles. The van der Waals surface area contributed by atoms with E-state index >= 15 is 0 Å². The third-order valence-corrected chi connectivity index (χ3v) is 4.95. The molecule has 0 aliphatic heterocycles. The van der Waals surface area contributed by atoms with Gasteiger partial charge in [0.05, 0.1) is 23.1 Å². The minimum atomic E-state index is -0.223. The van der Waals surface area contributed by atoms with Crippen LogP contribution in [0.1, 0.15) is 16.1 Å². The molecule has 3 aromatic heterocycles. The molecule has 5 aromatic rings. The van der Waals surface area contributed by atoms with Gasteiger partial charge in [0.1, 0.15) is 0 Å². The molecule has 30 heavy (non-hydrogen) atoms. The highest BCUT2D eigenvalue weighted by atomic mass is 16.1. The Bertz CT molecular complexity index is 1310. The molecular formula is C23H18N6O. The zero-order valence-electron chi connectivity index (χ0n) is 16.0. The van der Waals surface area contributed by atoms with Crippen molar-refractivity contribution in [3.05, 3.63) is 90.4 Å². The van der Waals surface area contributed by atoms with E-state index in [9.17, 15) is 4.79 Å². The quantitative estimate of drug-likeness (QED) is 0.420. The summed E-state index contributed by atoms with van der Waals surface area (Å²) in [6.07, 6.45) is 3.51. The number of amides is 1. The molecule has 3 heterocycles. The molecule has 0 saturated carbocycles. The van der Waals surface area contributed by atoms with Gasteiger partial charge < -0.3 is 5.32 Å². The Morgan fingerprint density at radius 2 is 1.83 bits per heavy atom. The molecule has 0 unspecified atom stereocenters. The highest BCUT2D eigenvalue weighted by Gasteiger charge is 2.17. The van der Waals surface area contributed by atoms with Crippen molar-refractivity contribution in [3.63, 3.8) is 0 Å². The van der Waals surface area contributed by atoms with Crippen LogP contribution in [0.2, 0.25) is 0 Å². The number of carbonyl (C=O) groups excluding carboxylic acids is 1. The van der Waals surface area contributed by atoms with Gasteiger partial charge in [0.15, 0.2) is 5.69 Å². The maximum absolute atomic E-state index is 12.8. The van der Waals surface area contributed by atoms with E-state index < -0.39 is 0 Å². The Balaban J connectivity index is 1.47. The zero-order valence-corrected chi connectivity index (χ0v) is 16.0. The van der Waals surface area contributed by atoms with Crippen molar-refractivity contribution in [1.29, 1.82) is 0 Å².